The van der Waals surface area contributed by atoms with Crippen molar-refractivity contribution in [3.8, 4) is 0 Å². The first-order valence-electron chi connectivity index (χ1n) is 4.21. The van der Waals surface area contributed by atoms with Crippen molar-refractivity contribution in [2.75, 3.05) is 5.73 Å². The van der Waals surface area contributed by atoms with Crippen LogP contribution in [0.1, 0.15) is 30.5 Å². The lowest BCUT2D eigenvalue weighted by Gasteiger charge is -1.98. The topological polar surface area (TPSA) is 84.7 Å². The van der Waals surface area contributed by atoms with E-state index in [-0.39, 0.29) is 13.2 Å². The van der Waals surface area contributed by atoms with E-state index in [0.717, 1.165) is 0 Å². The second-order valence-electron chi connectivity index (χ2n) is 3.14. The summed E-state index contributed by atoms with van der Waals surface area (Å²) in [5.41, 5.74) is 6.87. The van der Waals surface area contributed by atoms with Gasteiger partial charge in [-0.25, -0.2) is 9.97 Å². The SMILES string of the molecule is C.CC(=O)c1c[nH]c2nc(C)nc(N)c12. The zero-order valence-electron chi connectivity index (χ0n) is 7.96. The van der Waals surface area contributed by atoms with E-state index in [2.05, 4.69) is 15.0 Å². The second-order valence-corrected chi connectivity index (χ2v) is 3.14. The normalized spacial score (nSPS) is 10.0. The van der Waals surface area contributed by atoms with E-state index in [4.69, 9.17) is 5.73 Å². The maximum atomic E-state index is 11.2. The Morgan fingerprint density at radius 1 is 1.47 bits per heavy atom. The van der Waals surface area contributed by atoms with E-state index in [9.17, 15) is 4.79 Å². The van der Waals surface area contributed by atoms with Gasteiger partial charge in [-0.15, -0.1) is 0 Å². The summed E-state index contributed by atoms with van der Waals surface area (Å²) in [4.78, 5) is 22.3. The molecule has 3 N–H and O–H groups in total. The molecule has 0 spiro atoms. The Morgan fingerprint density at radius 3 is 2.73 bits per heavy atom. The molecule has 0 aliphatic heterocycles. The number of aromatic amines is 1. The van der Waals surface area contributed by atoms with Crippen LogP contribution < -0.4 is 5.73 Å². The minimum atomic E-state index is -0.0459. The van der Waals surface area contributed by atoms with Crippen molar-refractivity contribution in [3.05, 3.63) is 17.6 Å². The Bertz CT molecular complexity index is 515. The molecule has 2 heterocycles. The van der Waals surface area contributed by atoms with Crippen molar-refractivity contribution in [1.82, 2.24) is 15.0 Å². The van der Waals surface area contributed by atoms with Gasteiger partial charge in [-0.1, -0.05) is 7.43 Å². The smallest absolute Gasteiger partial charge is 0.162 e. The number of rotatable bonds is 1. The number of nitrogens with two attached hydrogens (primary N) is 1. The van der Waals surface area contributed by atoms with Crippen LogP contribution in [0.15, 0.2) is 6.20 Å². The van der Waals surface area contributed by atoms with Crippen molar-refractivity contribution >= 4 is 22.6 Å². The van der Waals surface area contributed by atoms with Gasteiger partial charge in [0.2, 0.25) is 0 Å². The first kappa shape index (κ1) is 11.2. The summed E-state index contributed by atoms with van der Waals surface area (Å²) in [6.07, 6.45) is 1.61. The number of hydrogen-bond donors (Lipinski definition) is 2. The van der Waals surface area contributed by atoms with E-state index in [0.29, 0.717) is 28.2 Å². The molecule has 0 fully saturated rings. The largest absolute Gasteiger partial charge is 0.383 e. The molecule has 5 nitrogen and oxygen atoms in total. The highest BCUT2D eigenvalue weighted by Crippen LogP contribution is 2.21. The van der Waals surface area contributed by atoms with Gasteiger partial charge in [0.15, 0.2) is 5.78 Å². The van der Waals surface area contributed by atoms with Crippen molar-refractivity contribution in [1.29, 1.82) is 0 Å². The molecule has 2 rings (SSSR count). The van der Waals surface area contributed by atoms with E-state index < -0.39 is 0 Å². The highest BCUT2D eigenvalue weighted by Gasteiger charge is 2.12. The van der Waals surface area contributed by atoms with Crippen molar-refractivity contribution in [3.63, 3.8) is 0 Å². The van der Waals surface area contributed by atoms with Crippen molar-refractivity contribution in [2.24, 2.45) is 0 Å². The number of nitrogens with zero attached hydrogens (tertiary/aromatic N) is 2. The van der Waals surface area contributed by atoms with E-state index in [1.165, 1.54) is 6.92 Å². The summed E-state index contributed by atoms with van der Waals surface area (Å²) >= 11 is 0. The molecule has 0 aromatic carbocycles. The van der Waals surface area contributed by atoms with Gasteiger partial charge in [-0.3, -0.25) is 4.79 Å². The van der Waals surface area contributed by atoms with Crippen LogP contribution in [0.25, 0.3) is 11.0 Å². The van der Waals surface area contributed by atoms with E-state index in [1.54, 1.807) is 13.1 Å². The minimum Gasteiger partial charge on any atom is -0.383 e. The van der Waals surface area contributed by atoms with Crippen LogP contribution in [0.2, 0.25) is 0 Å². The molecule has 0 saturated heterocycles. The predicted molar refractivity (Wildman–Crippen MR) is 59.8 cm³/mol. The number of fused-ring (bicyclic) bond motifs is 1. The number of anilines is 1. The highest BCUT2D eigenvalue weighted by atomic mass is 16.1. The zero-order chi connectivity index (χ0) is 10.3. The third-order valence-electron chi connectivity index (χ3n) is 2.05. The number of nitrogens with one attached hydrogen (secondary N) is 1. The molecule has 0 aliphatic carbocycles. The summed E-state index contributed by atoms with van der Waals surface area (Å²) in [6, 6.07) is 0. The summed E-state index contributed by atoms with van der Waals surface area (Å²) < 4.78 is 0. The zero-order valence-corrected chi connectivity index (χ0v) is 7.96. The van der Waals surface area contributed by atoms with Crippen LogP contribution in [-0.2, 0) is 0 Å². The summed E-state index contributed by atoms with van der Waals surface area (Å²) in [5.74, 6) is 0.890. The standard InChI is InChI=1S/C9H10N4O.CH4/c1-4(14)6-3-11-9-7(6)8(10)12-5(2)13-9;/h3H,1-2H3,(H3,10,11,12,13);1H4. The van der Waals surface area contributed by atoms with Gasteiger partial charge in [0, 0.05) is 11.8 Å². The van der Waals surface area contributed by atoms with Gasteiger partial charge in [-0.2, -0.15) is 0 Å². The first-order valence-corrected chi connectivity index (χ1v) is 4.21. The Morgan fingerprint density at radius 2 is 2.13 bits per heavy atom. The molecule has 0 radical (unpaired) electrons. The Balaban J connectivity index is 0.00000112. The summed E-state index contributed by atoms with van der Waals surface area (Å²) in [7, 11) is 0. The third-order valence-corrected chi connectivity index (χ3v) is 2.05. The van der Waals surface area contributed by atoms with E-state index in [1.807, 2.05) is 0 Å². The Kier molecular flexibility index (Phi) is 2.74. The molecule has 2 aromatic rings. The number of aryl methyl sites for hydroxylation is 1. The molecule has 0 aliphatic rings. The van der Waals surface area contributed by atoms with Crippen molar-refractivity contribution < 1.29 is 4.79 Å². The fraction of sp³-hybridized carbons (Fsp3) is 0.300. The van der Waals surface area contributed by atoms with Gasteiger partial charge in [0.1, 0.15) is 17.3 Å². The number of nitrogen functional groups attached to an aromatic ring is 1. The van der Waals surface area contributed by atoms with Crippen LogP contribution in [0.3, 0.4) is 0 Å². The maximum Gasteiger partial charge on any atom is 0.162 e. The monoisotopic (exact) mass is 206 g/mol. The lowest BCUT2D eigenvalue weighted by Crippen LogP contribution is -1.99. The fourth-order valence-corrected chi connectivity index (χ4v) is 1.45. The number of aromatic nitrogens is 3. The number of ketones is 1. The molecule has 5 heteroatoms. The quantitative estimate of drug-likeness (QED) is 0.695. The number of carbonyl (C=O) groups is 1. The Labute approximate surface area is 87.7 Å². The second kappa shape index (κ2) is 3.68. The number of hydrogen-bond acceptors (Lipinski definition) is 4. The van der Waals surface area contributed by atoms with Gasteiger partial charge in [-0.05, 0) is 13.8 Å². The van der Waals surface area contributed by atoms with Crippen LogP contribution in [0, 0.1) is 6.92 Å². The van der Waals surface area contributed by atoms with Crippen LogP contribution in [0.4, 0.5) is 5.82 Å². The van der Waals surface area contributed by atoms with Gasteiger partial charge in [0.25, 0.3) is 0 Å². The molecule has 0 atom stereocenters. The van der Waals surface area contributed by atoms with Crippen LogP contribution >= 0.6 is 0 Å². The van der Waals surface area contributed by atoms with Gasteiger partial charge < -0.3 is 10.7 Å². The van der Waals surface area contributed by atoms with Gasteiger partial charge in [0.05, 0.1) is 5.39 Å². The third kappa shape index (κ3) is 1.68. The van der Waals surface area contributed by atoms with Crippen LogP contribution in [0.5, 0.6) is 0 Å². The molecule has 0 amide bonds. The van der Waals surface area contributed by atoms with E-state index >= 15 is 0 Å². The number of H-pyrrole nitrogens is 1. The number of carbonyl (C=O) groups excluding carboxylic acids is 1. The van der Waals surface area contributed by atoms with Crippen LogP contribution in [-0.4, -0.2) is 20.7 Å². The minimum absolute atomic E-state index is 0. The molecule has 80 valence electrons. The fourth-order valence-electron chi connectivity index (χ4n) is 1.45. The summed E-state index contributed by atoms with van der Waals surface area (Å²) in [6.45, 7) is 3.24. The van der Waals surface area contributed by atoms with Crippen molar-refractivity contribution in [2.45, 2.75) is 21.3 Å². The summed E-state index contributed by atoms with van der Waals surface area (Å²) in [5, 5.41) is 0.614. The lowest BCUT2D eigenvalue weighted by molar-refractivity contribution is 0.101. The Hall–Kier alpha value is -1.91. The lowest BCUT2D eigenvalue weighted by atomic mass is 10.2. The average Bonchev–Trinajstić information content (AvgIpc) is 2.47. The van der Waals surface area contributed by atoms with Gasteiger partial charge >= 0.3 is 0 Å². The maximum absolute atomic E-state index is 11.2. The molecular weight excluding hydrogens is 192 g/mol. The molecule has 2 aromatic heterocycles. The highest BCUT2D eigenvalue weighted by molar-refractivity contribution is 6.09. The molecule has 0 bridgehead atoms. The number of Topliss-reactive ketones (excluding diaryl/α,β-unsaturated/α-hetero) is 1. The molecule has 15 heavy (non-hydrogen) atoms. The first-order chi connectivity index (χ1) is 6.59. The molecule has 0 unspecified atom stereocenters. The average molecular weight is 206 g/mol. The molecule has 0 saturated carbocycles. The molecular formula is C10H14N4O. The predicted octanol–water partition coefficient (Wildman–Crippen LogP) is 1.69.